The first-order valence-electron chi connectivity index (χ1n) is 12.8. The largest absolute Gasteiger partial charge is 0.352 e. The van der Waals surface area contributed by atoms with E-state index in [2.05, 4.69) is 5.32 Å². The van der Waals surface area contributed by atoms with Crippen molar-refractivity contribution in [2.24, 2.45) is 0 Å². The molecule has 1 atom stereocenters. The van der Waals surface area contributed by atoms with Crippen LogP contribution in [0.1, 0.15) is 42.4 Å². The molecule has 4 rings (SSSR count). The fraction of sp³-hybridized carbons (Fsp3) is 0.333. The van der Waals surface area contributed by atoms with Gasteiger partial charge in [-0.25, -0.2) is 4.39 Å². The average molecular weight is 574 g/mol. The van der Waals surface area contributed by atoms with Crippen LogP contribution in [0.4, 0.5) is 4.39 Å². The Bertz CT molecular complexity index is 1240. The van der Waals surface area contributed by atoms with E-state index in [-0.39, 0.29) is 36.0 Å². The molecule has 38 heavy (non-hydrogen) atoms. The van der Waals surface area contributed by atoms with E-state index in [0.717, 1.165) is 31.2 Å². The van der Waals surface area contributed by atoms with Crippen LogP contribution in [0.15, 0.2) is 72.8 Å². The molecule has 1 aliphatic carbocycles. The van der Waals surface area contributed by atoms with Crippen molar-refractivity contribution >= 4 is 46.8 Å². The molecule has 0 heterocycles. The molecule has 1 fully saturated rings. The molecule has 0 aromatic heterocycles. The molecule has 3 aromatic rings. The quantitative estimate of drug-likeness (QED) is 0.267. The van der Waals surface area contributed by atoms with Crippen molar-refractivity contribution < 1.29 is 14.0 Å². The summed E-state index contributed by atoms with van der Waals surface area (Å²) in [6.45, 7) is 0.157. The second-order valence-corrected chi connectivity index (χ2v) is 11.4. The van der Waals surface area contributed by atoms with Crippen molar-refractivity contribution in [3.05, 3.63) is 105 Å². The van der Waals surface area contributed by atoms with Crippen LogP contribution in [0.3, 0.4) is 0 Å². The number of hydrogen-bond acceptors (Lipinski definition) is 3. The number of hydrogen-bond donors (Lipinski definition) is 1. The molecular weight excluding hydrogens is 542 g/mol. The number of amides is 2. The number of rotatable bonds is 11. The Morgan fingerprint density at radius 1 is 0.974 bits per heavy atom. The maximum atomic E-state index is 14.1. The van der Waals surface area contributed by atoms with E-state index in [1.807, 2.05) is 30.3 Å². The van der Waals surface area contributed by atoms with Gasteiger partial charge in [0.05, 0.1) is 5.75 Å². The highest BCUT2D eigenvalue weighted by Crippen LogP contribution is 2.26. The van der Waals surface area contributed by atoms with Gasteiger partial charge in [-0.05, 0) is 47.7 Å². The number of nitrogens with zero attached hydrogens (tertiary/aromatic N) is 1. The second kappa shape index (κ2) is 14.0. The van der Waals surface area contributed by atoms with Gasteiger partial charge in [0.1, 0.15) is 11.9 Å². The Balaban J connectivity index is 1.59. The predicted octanol–water partition coefficient (Wildman–Crippen LogP) is 7.06. The van der Waals surface area contributed by atoms with Crippen LogP contribution in [0.25, 0.3) is 0 Å². The molecule has 0 aliphatic heterocycles. The summed E-state index contributed by atoms with van der Waals surface area (Å²) in [6, 6.07) is 20.8. The van der Waals surface area contributed by atoms with Crippen molar-refractivity contribution in [1.29, 1.82) is 0 Å². The number of thioether (sulfide) groups is 1. The Morgan fingerprint density at radius 3 is 2.39 bits per heavy atom. The number of carbonyl (C=O) groups excluding carboxylic acids is 2. The third-order valence-corrected chi connectivity index (χ3v) is 8.32. The van der Waals surface area contributed by atoms with Gasteiger partial charge in [0.25, 0.3) is 0 Å². The second-order valence-electron chi connectivity index (χ2n) is 9.54. The van der Waals surface area contributed by atoms with Crippen LogP contribution in [-0.4, -0.2) is 34.6 Å². The van der Waals surface area contributed by atoms with Crippen LogP contribution in [0.5, 0.6) is 0 Å². The van der Waals surface area contributed by atoms with E-state index in [4.69, 9.17) is 23.2 Å². The monoisotopic (exact) mass is 572 g/mol. The summed E-state index contributed by atoms with van der Waals surface area (Å²) in [4.78, 5) is 29.1. The molecule has 0 spiro atoms. The molecule has 2 amide bonds. The Morgan fingerprint density at radius 2 is 1.68 bits per heavy atom. The van der Waals surface area contributed by atoms with Crippen molar-refractivity contribution in [3.8, 4) is 0 Å². The molecule has 1 saturated carbocycles. The first-order chi connectivity index (χ1) is 18.4. The minimum absolute atomic E-state index is 0.0988. The zero-order valence-corrected chi connectivity index (χ0v) is 23.4. The normalized spacial score (nSPS) is 14.3. The Hall–Kier alpha value is -2.54. The van der Waals surface area contributed by atoms with Gasteiger partial charge < -0.3 is 10.2 Å². The van der Waals surface area contributed by atoms with Crippen LogP contribution in [-0.2, 0) is 28.3 Å². The van der Waals surface area contributed by atoms with E-state index >= 15 is 0 Å². The summed E-state index contributed by atoms with van der Waals surface area (Å²) >= 11 is 13.9. The highest BCUT2D eigenvalue weighted by molar-refractivity contribution is 7.99. The van der Waals surface area contributed by atoms with Crippen LogP contribution >= 0.6 is 35.0 Å². The van der Waals surface area contributed by atoms with Gasteiger partial charge in [0.2, 0.25) is 11.8 Å². The third kappa shape index (κ3) is 7.98. The van der Waals surface area contributed by atoms with Gasteiger partial charge >= 0.3 is 0 Å². The van der Waals surface area contributed by atoms with Crippen LogP contribution < -0.4 is 5.32 Å². The standard InChI is InChI=1S/C30H31Cl2FN2O2S/c31-24-15-14-22(26(32)17-24)18-35(29(36)20-38-19-23-10-4-7-13-27(23)33)28(16-21-8-2-1-3-9-21)30(37)34-25-11-5-6-12-25/h1-4,7-10,13-15,17,25,28H,5-6,11-12,16,18-20H2,(H,34,37)/t28-/m1/s1. The highest BCUT2D eigenvalue weighted by Gasteiger charge is 2.32. The van der Waals surface area contributed by atoms with Crippen LogP contribution in [0.2, 0.25) is 10.0 Å². The molecule has 4 nitrogen and oxygen atoms in total. The maximum Gasteiger partial charge on any atom is 0.243 e. The number of carbonyl (C=O) groups is 2. The lowest BCUT2D eigenvalue weighted by Crippen LogP contribution is -2.52. The molecule has 1 aliphatic rings. The fourth-order valence-electron chi connectivity index (χ4n) is 4.70. The zero-order chi connectivity index (χ0) is 26.9. The molecule has 1 N–H and O–H groups in total. The molecule has 0 radical (unpaired) electrons. The topological polar surface area (TPSA) is 49.4 Å². The number of halogens is 3. The van der Waals surface area contributed by atoms with Crippen molar-refractivity contribution in [1.82, 2.24) is 10.2 Å². The summed E-state index contributed by atoms with van der Waals surface area (Å²) in [5.41, 5.74) is 2.20. The molecule has 0 bridgehead atoms. The minimum Gasteiger partial charge on any atom is -0.352 e. The molecular formula is C30H31Cl2FN2O2S. The molecule has 0 saturated heterocycles. The third-order valence-electron chi connectivity index (χ3n) is 6.77. The molecule has 0 unspecified atom stereocenters. The van der Waals surface area contributed by atoms with Gasteiger partial charge in [-0.2, -0.15) is 0 Å². The van der Waals surface area contributed by atoms with E-state index < -0.39 is 6.04 Å². The Labute approximate surface area is 237 Å². The van der Waals surface area contributed by atoms with Gasteiger partial charge in [-0.3, -0.25) is 9.59 Å². The van der Waals surface area contributed by atoms with E-state index in [1.165, 1.54) is 17.8 Å². The average Bonchev–Trinajstić information content (AvgIpc) is 3.42. The summed E-state index contributed by atoms with van der Waals surface area (Å²) < 4.78 is 14.1. The van der Waals surface area contributed by atoms with E-state index in [0.29, 0.717) is 33.3 Å². The molecule has 8 heteroatoms. The lowest BCUT2D eigenvalue weighted by Gasteiger charge is -2.32. The SMILES string of the molecule is O=C(NC1CCCC1)[C@@H](Cc1ccccc1)N(Cc1ccc(Cl)cc1Cl)C(=O)CSCc1ccccc1F. The van der Waals surface area contributed by atoms with Gasteiger partial charge in [0.15, 0.2) is 0 Å². The first-order valence-corrected chi connectivity index (χ1v) is 14.7. The van der Waals surface area contributed by atoms with Gasteiger partial charge in [0, 0.05) is 34.8 Å². The first kappa shape index (κ1) is 28.5. The minimum atomic E-state index is -0.730. The van der Waals surface area contributed by atoms with Gasteiger partial charge in [-0.1, -0.05) is 90.6 Å². The molecule has 200 valence electrons. The number of benzene rings is 3. The van der Waals surface area contributed by atoms with Crippen molar-refractivity contribution in [2.45, 2.75) is 56.5 Å². The zero-order valence-electron chi connectivity index (χ0n) is 21.0. The Kier molecular flexibility index (Phi) is 10.5. The van der Waals surface area contributed by atoms with E-state index in [1.54, 1.807) is 41.3 Å². The van der Waals surface area contributed by atoms with Gasteiger partial charge in [-0.15, -0.1) is 11.8 Å². The summed E-state index contributed by atoms with van der Waals surface area (Å²) in [5.74, 6) is -0.221. The predicted molar refractivity (Wildman–Crippen MR) is 154 cm³/mol. The van der Waals surface area contributed by atoms with Crippen molar-refractivity contribution in [2.75, 3.05) is 5.75 Å². The fourth-order valence-corrected chi connectivity index (χ4v) is 6.07. The highest BCUT2D eigenvalue weighted by atomic mass is 35.5. The van der Waals surface area contributed by atoms with Crippen molar-refractivity contribution in [3.63, 3.8) is 0 Å². The summed E-state index contributed by atoms with van der Waals surface area (Å²) in [5, 5.41) is 4.12. The maximum absolute atomic E-state index is 14.1. The smallest absolute Gasteiger partial charge is 0.243 e. The van der Waals surface area contributed by atoms with E-state index in [9.17, 15) is 14.0 Å². The lowest BCUT2D eigenvalue weighted by atomic mass is 10.0. The van der Waals surface area contributed by atoms with Crippen LogP contribution in [0, 0.1) is 5.82 Å². The summed E-state index contributed by atoms with van der Waals surface area (Å²) in [7, 11) is 0. The summed E-state index contributed by atoms with van der Waals surface area (Å²) in [6.07, 6.45) is 4.43. The number of nitrogens with one attached hydrogen (secondary N) is 1. The lowest BCUT2D eigenvalue weighted by molar-refractivity contribution is -0.139. The molecule has 3 aromatic carbocycles.